The standard InChI is InChI=1S/C14H26N6S.HI/c1-3-15-14(16-7-4-10-21-2)20-8-5-12(6-9-20)13-17-11-18-19-13;/h11-12H,3-10H2,1-2H3,(H,15,16)(H,17,18,19);1H. The highest BCUT2D eigenvalue weighted by Crippen LogP contribution is 2.24. The number of hydrogen-bond donors (Lipinski definition) is 2. The summed E-state index contributed by atoms with van der Waals surface area (Å²) >= 11 is 1.88. The Kier molecular flexibility index (Phi) is 9.85. The van der Waals surface area contributed by atoms with E-state index in [0.717, 1.165) is 57.2 Å². The first-order chi connectivity index (χ1) is 10.3. The van der Waals surface area contributed by atoms with Gasteiger partial charge in [0.15, 0.2) is 5.96 Å². The molecule has 126 valence electrons. The Morgan fingerprint density at radius 1 is 1.50 bits per heavy atom. The number of aromatic nitrogens is 3. The summed E-state index contributed by atoms with van der Waals surface area (Å²) in [6.45, 7) is 6.01. The van der Waals surface area contributed by atoms with Gasteiger partial charge < -0.3 is 10.2 Å². The molecular weight excluding hydrogens is 411 g/mol. The molecule has 1 saturated heterocycles. The maximum atomic E-state index is 4.74. The van der Waals surface area contributed by atoms with Crippen LogP contribution in [0.3, 0.4) is 0 Å². The number of rotatable bonds is 6. The second-order valence-corrected chi connectivity index (χ2v) is 6.20. The number of halogens is 1. The van der Waals surface area contributed by atoms with E-state index in [1.807, 2.05) is 11.8 Å². The third-order valence-corrected chi connectivity index (χ3v) is 4.41. The van der Waals surface area contributed by atoms with Gasteiger partial charge in [-0.3, -0.25) is 10.1 Å². The number of nitrogens with zero attached hydrogens (tertiary/aromatic N) is 4. The average Bonchev–Trinajstić information content (AvgIpc) is 3.05. The summed E-state index contributed by atoms with van der Waals surface area (Å²) in [7, 11) is 0. The number of H-pyrrole nitrogens is 1. The van der Waals surface area contributed by atoms with E-state index < -0.39 is 0 Å². The molecule has 0 saturated carbocycles. The van der Waals surface area contributed by atoms with Crippen molar-refractivity contribution in [3.63, 3.8) is 0 Å². The van der Waals surface area contributed by atoms with E-state index in [0.29, 0.717) is 5.92 Å². The van der Waals surface area contributed by atoms with E-state index in [1.54, 1.807) is 6.33 Å². The van der Waals surface area contributed by atoms with Crippen LogP contribution in [0, 0.1) is 0 Å². The Labute approximate surface area is 154 Å². The summed E-state index contributed by atoms with van der Waals surface area (Å²) in [6, 6.07) is 0. The fourth-order valence-corrected chi connectivity index (χ4v) is 3.01. The Balaban J connectivity index is 0.00000242. The van der Waals surface area contributed by atoms with Crippen LogP contribution >= 0.6 is 35.7 Å². The third kappa shape index (κ3) is 5.94. The Morgan fingerprint density at radius 3 is 2.86 bits per heavy atom. The van der Waals surface area contributed by atoms with Crippen LogP contribution in [0.2, 0.25) is 0 Å². The van der Waals surface area contributed by atoms with Crippen molar-refractivity contribution in [3.05, 3.63) is 12.2 Å². The van der Waals surface area contributed by atoms with Crippen LogP contribution in [0.5, 0.6) is 0 Å². The largest absolute Gasteiger partial charge is 0.357 e. The maximum Gasteiger partial charge on any atom is 0.193 e. The zero-order valence-electron chi connectivity index (χ0n) is 13.4. The molecular formula is C14H27IN6S. The van der Waals surface area contributed by atoms with Gasteiger partial charge in [0.05, 0.1) is 0 Å². The van der Waals surface area contributed by atoms with Crippen LogP contribution in [0.4, 0.5) is 0 Å². The minimum atomic E-state index is 0. The lowest BCUT2D eigenvalue weighted by Crippen LogP contribution is -2.45. The number of likely N-dealkylation sites (tertiary alicyclic amines) is 1. The molecule has 8 heteroatoms. The number of piperidine rings is 1. The molecule has 22 heavy (non-hydrogen) atoms. The maximum absolute atomic E-state index is 4.74. The molecule has 6 nitrogen and oxygen atoms in total. The number of aromatic amines is 1. The van der Waals surface area contributed by atoms with Gasteiger partial charge in [-0.25, -0.2) is 4.98 Å². The van der Waals surface area contributed by atoms with Crippen molar-refractivity contribution in [2.45, 2.75) is 32.1 Å². The van der Waals surface area contributed by atoms with Gasteiger partial charge in [0.25, 0.3) is 0 Å². The molecule has 0 aliphatic carbocycles. The average molecular weight is 438 g/mol. The summed E-state index contributed by atoms with van der Waals surface area (Å²) in [4.78, 5) is 11.4. The summed E-state index contributed by atoms with van der Waals surface area (Å²) in [6.07, 6.45) is 7.08. The highest BCUT2D eigenvalue weighted by atomic mass is 127. The second kappa shape index (κ2) is 11.1. The molecule has 2 heterocycles. The first-order valence-corrected chi connectivity index (χ1v) is 9.12. The quantitative estimate of drug-likeness (QED) is 0.309. The van der Waals surface area contributed by atoms with Crippen molar-refractivity contribution in [2.75, 3.05) is 38.2 Å². The van der Waals surface area contributed by atoms with Crippen molar-refractivity contribution >= 4 is 41.7 Å². The van der Waals surface area contributed by atoms with Crippen molar-refractivity contribution in [1.29, 1.82) is 0 Å². The van der Waals surface area contributed by atoms with Gasteiger partial charge >= 0.3 is 0 Å². The fraction of sp³-hybridized carbons (Fsp3) is 0.786. The third-order valence-electron chi connectivity index (χ3n) is 3.72. The van der Waals surface area contributed by atoms with Gasteiger partial charge in [-0.2, -0.15) is 16.9 Å². The smallest absolute Gasteiger partial charge is 0.193 e. The monoisotopic (exact) mass is 438 g/mol. The van der Waals surface area contributed by atoms with E-state index >= 15 is 0 Å². The highest BCUT2D eigenvalue weighted by molar-refractivity contribution is 14.0. The SMILES string of the molecule is CCNC(=NCCCSC)N1CCC(c2ncn[nH]2)CC1.I. The van der Waals surface area contributed by atoms with E-state index in [2.05, 4.69) is 38.6 Å². The van der Waals surface area contributed by atoms with Gasteiger partial charge in [0, 0.05) is 32.1 Å². The van der Waals surface area contributed by atoms with E-state index in [4.69, 9.17) is 4.99 Å². The van der Waals surface area contributed by atoms with Crippen molar-refractivity contribution in [2.24, 2.45) is 4.99 Å². The second-order valence-electron chi connectivity index (χ2n) is 5.21. The van der Waals surface area contributed by atoms with Gasteiger partial charge in [-0.15, -0.1) is 24.0 Å². The molecule has 0 unspecified atom stereocenters. The topological polar surface area (TPSA) is 69.2 Å². The summed E-state index contributed by atoms with van der Waals surface area (Å²) in [5.74, 6) is 3.77. The van der Waals surface area contributed by atoms with E-state index in [-0.39, 0.29) is 24.0 Å². The first kappa shape index (κ1) is 19.5. The van der Waals surface area contributed by atoms with Crippen LogP contribution < -0.4 is 5.32 Å². The molecule has 0 radical (unpaired) electrons. The number of aliphatic imine (C=N–C) groups is 1. The molecule has 0 aromatic carbocycles. The molecule has 0 atom stereocenters. The molecule has 0 spiro atoms. The van der Waals surface area contributed by atoms with Crippen molar-refractivity contribution < 1.29 is 0 Å². The molecule has 1 aliphatic heterocycles. The number of nitrogens with one attached hydrogen (secondary N) is 2. The predicted molar refractivity (Wildman–Crippen MR) is 104 cm³/mol. The van der Waals surface area contributed by atoms with Crippen LogP contribution in [-0.4, -0.2) is 64.2 Å². The minimum absolute atomic E-state index is 0. The highest BCUT2D eigenvalue weighted by Gasteiger charge is 2.24. The number of hydrogen-bond acceptors (Lipinski definition) is 4. The van der Waals surface area contributed by atoms with Crippen LogP contribution in [0.1, 0.15) is 37.9 Å². The Bertz CT molecular complexity index is 417. The molecule has 0 amide bonds. The van der Waals surface area contributed by atoms with Gasteiger partial charge in [-0.1, -0.05) is 0 Å². The van der Waals surface area contributed by atoms with Crippen molar-refractivity contribution in [3.8, 4) is 0 Å². The predicted octanol–water partition coefficient (Wildman–Crippen LogP) is 2.32. The summed E-state index contributed by atoms with van der Waals surface area (Å²) < 4.78 is 0. The molecule has 2 rings (SSSR count). The number of guanidine groups is 1. The molecule has 1 aromatic rings. The zero-order valence-corrected chi connectivity index (χ0v) is 16.6. The Hall–Kier alpha value is -0.510. The first-order valence-electron chi connectivity index (χ1n) is 7.72. The van der Waals surface area contributed by atoms with Crippen LogP contribution in [0.25, 0.3) is 0 Å². The van der Waals surface area contributed by atoms with Gasteiger partial charge in [-0.05, 0) is 38.2 Å². The van der Waals surface area contributed by atoms with Gasteiger partial charge in [0.1, 0.15) is 12.2 Å². The lowest BCUT2D eigenvalue weighted by atomic mass is 9.96. The van der Waals surface area contributed by atoms with Crippen LogP contribution in [0.15, 0.2) is 11.3 Å². The Morgan fingerprint density at radius 2 is 2.27 bits per heavy atom. The van der Waals surface area contributed by atoms with E-state index in [1.165, 1.54) is 5.75 Å². The lowest BCUT2D eigenvalue weighted by molar-refractivity contribution is 0.299. The summed E-state index contributed by atoms with van der Waals surface area (Å²) in [5, 5.41) is 10.4. The molecule has 2 N–H and O–H groups in total. The molecule has 1 aliphatic rings. The number of thioether (sulfide) groups is 1. The van der Waals surface area contributed by atoms with Crippen LogP contribution in [-0.2, 0) is 0 Å². The minimum Gasteiger partial charge on any atom is -0.357 e. The zero-order chi connectivity index (χ0) is 14.9. The molecule has 0 bridgehead atoms. The van der Waals surface area contributed by atoms with E-state index in [9.17, 15) is 0 Å². The normalized spacial score (nSPS) is 16.5. The van der Waals surface area contributed by atoms with Gasteiger partial charge in [0.2, 0.25) is 0 Å². The lowest BCUT2D eigenvalue weighted by Gasteiger charge is -2.33. The fourth-order valence-electron chi connectivity index (χ4n) is 2.60. The van der Waals surface area contributed by atoms with Crippen molar-refractivity contribution in [1.82, 2.24) is 25.4 Å². The summed E-state index contributed by atoms with van der Waals surface area (Å²) in [5.41, 5.74) is 0. The molecule has 1 fully saturated rings. The molecule has 1 aromatic heterocycles.